The minimum Gasteiger partial charge on any atom is -0.450 e. The number of methoxy groups -OCH3 is 1. The van der Waals surface area contributed by atoms with Gasteiger partial charge in [-0.25, -0.2) is 0 Å². The molecule has 4 rings (SSSR count). The lowest BCUT2D eigenvalue weighted by Crippen LogP contribution is -2.60. The van der Waals surface area contributed by atoms with Crippen molar-refractivity contribution in [2.45, 2.75) is 84.5 Å². The van der Waals surface area contributed by atoms with Crippen LogP contribution in [0, 0.1) is 28.6 Å². The van der Waals surface area contributed by atoms with Crippen LogP contribution in [0.1, 0.15) is 66.7 Å². The summed E-state index contributed by atoms with van der Waals surface area (Å²) in [6, 6.07) is 0. The SMILES string of the molecule is COC1CC2(C)C(=CC1=O)C(C)CC1C2=CCC2(C)C1CC[C@]2(OC(C)=O)C(=O)C(O)C(C)=O. The molecule has 4 aliphatic rings. The number of carbonyl (C=O) groups excluding carboxylic acids is 4. The van der Waals surface area contributed by atoms with Crippen LogP contribution in [0.15, 0.2) is 23.3 Å². The predicted octanol–water partition coefficient (Wildman–Crippen LogP) is 3.13. The fourth-order valence-corrected chi connectivity index (χ4v) is 7.79. The first kappa shape index (κ1) is 25.0. The molecule has 0 spiro atoms. The van der Waals surface area contributed by atoms with Crippen molar-refractivity contribution in [1.29, 1.82) is 0 Å². The lowest BCUT2D eigenvalue weighted by Gasteiger charge is -2.57. The number of hydrogen-bond donors (Lipinski definition) is 1. The second-order valence-corrected chi connectivity index (χ2v) is 11.2. The van der Waals surface area contributed by atoms with E-state index in [-0.39, 0.29) is 35.4 Å². The maximum Gasteiger partial charge on any atom is 0.303 e. The topological polar surface area (TPSA) is 107 Å². The summed E-state index contributed by atoms with van der Waals surface area (Å²) in [5.74, 6) is -1.59. The zero-order valence-corrected chi connectivity index (χ0v) is 21.0. The maximum atomic E-state index is 13.5. The van der Waals surface area contributed by atoms with Crippen molar-refractivity contribution >= 4 is 23.3 Å². The highest BCUT2D eigenvalue weighted by atomic mass is 16.6. The Hall–Kier alpha value is -2.12. The van der Waals surface area contributed by atoms with Crippen LogP contribution in [0.5, 0.6) is 0 Å². The molecular formula is C27H36O7. The molecule has 2 saturated carbocycles. The van der Waals surface area contributed by atoms with Gasteiger partial charge in [-0.3, -0.25) is 19.2 Å². The molecule has 34 heavy (non-hydrogen) atoms. The average molecular weight is 473 g/mol. The number of esters is 1. The molecule has 7 nitrogen and oxygen atoms in total. The third-order valence-electron chi connectivity index (χ3n) is 9.43. The molecule has 7 unspecified atom stereocenters. The van der Waals surface area contributed by atoms with E-state index in [1.165, 1.54) is 19.4 Å². The maximum absolute atomic E-state index is 13.5. The van der Waals surface area contributed by atoms with Crippen LogP contribution in [0.4, 0.5) is 0 Å². The third kappa shape index (κ3) is 3.30. The molecule has 2 fully saturated rings. The van der Waals surface area contributed by atoms with E-state index in [1.54, 1.807) is 13.2 Å². The number of Topliss-reactive ketones (excluding diaryl/α,β-unsaturated/α-hetero) is 2. The lowest BCUT2D eigenvalue weighted by molar-refractivity contribution is -0.186. The van der Waals surface area contributed by atoms with Gasteiger partial charge in [0, 0.05) is 24.9 Å². The summed E-state index contributed by atoms with van der Waals surface area (Å²) in [5, 5.41) is 10.4. The average Bonchev–Trinajstić information content (AvgIpc) is 3.06. The van der Waals surface area contributed by atoms with Crippen molar-refractivity contribution < 1.29 is 33.8 Å². The molecule has 1 N–H and O–H groups in total. The molecule has 0 aromatic heterocycles. The van der Waals surface area contributed by atoms with Crippen molar-refractivity contribution in [3.05, 3.63) is 23.3 Å². The van der Waals surface area contributed by atoms with Crippen molar-refractivity contribution in [2.75, 3.05) is 7.11 Å². The molecule has 0 aliphatic heterocycles. The van der Waals surface area contributed by atoms with Crippen molar-refractivity contribution in [1.82, 2.24) is 0 Å². The van der Waals surface area contributed by atoms with E-state index >= 15 is 0 Å². The molecule has 0 aromatic carbocycles. The third-order valence-corrected chi connectivity index (χ3v) is 9.43. The Balaban J connectivity index is 1.81. The Morgan fingerprint density at radius 1 is 1.18 bits per heavy atom. The summed E-state index contributed by atoms with van der Waals surface area (Å²) in [7, 11) is 1.57. The first-order chi connectivity index (χ1) is 15.8. The highest BCUT2D eigenvalue weighted by molar-refractivity contribution is 6.09. The number of rotatable bonds is 5. The number of aliphatic hydroxyl groups excluding tert-OH is 1. The number of aliphatic hydroxyl groups is 1. The number of fused-ring (bicyclic) bond motifs is 5. The zero-order valence-electron chi connectivity index (χ0n) is 21.0. The highest BCUT2D eigenvalue weighted by Crippen LogP contribution is 2.67. The molecule has 4 aliphatic carbocycles. The first-order valence-electron chi connectivity index (χ1n) is 12.2. The fourth-order valence-electron chi connectivity index (χ4n) is 7.79. The van der Waals surface area contributed by atoms with Gasteiger partial charge in [-0.15, -0.1) is 0 Å². The van der Waals surface area contributed by atoms with Crippen LogP contribution in [-0.4, -0.2) is 53.3 Å². The van der Waals surface area contributed by atoms with Crippen LogP contribution >= 0.6 is 0 Å². The molecule has 0 radical (unpaired) electrons. The predicted molar refractivity (Wildman–Crippen MR) is 124 cm³/mol. The minimum atomic E-state index is -1.82. The van der Waals surface area contributed by atoms with Crippen LogP contribution < -0.4 is 0 Å². The van der Waals surface area contributed by atoms with Gasteiger partial charge in [-0.05, 0) is 62.9 Å². The Bertz CT molecular complexity index is 1010. The summed E-state index contributed by atoms with van der Waals surface area (Å²) < 4.78 is 11.3. The Morgan fingerprint density at radius 2 is 1.85 bits per heavy atom. The smallest absolute Gasteiger partial charge is 0.303 e. The van der Waals surface area contributed by atoms with Gasteiger partial charge in [0.2, 0.25) is 5.78 Å². The van der Waals surface area contributed by atoms with E-state index in [2.05, 4.69) is 19.9 Å². The van der Waals surface area contributed by atoms with Gasteiger partial charge in [-0.2, -0.15) is 0 Å². The van der Waals surface area contributed by atoms with Gasteiger partial charge in [-0.1, -0.05) is 38.0 Å². The van der Waals surface area contributed by atoms with E-state index in [0.29, 0.717) is 19.3 Å². The van der Waals surface area contributed by atoms with E-state index < -0.39 is 40.8 Å². The molecule has 186 valence electrons. The minimum absolute atomic E-state index is 0.0140. The number of ether oxygens (including phenoxy) is 2. The van der Waals surface area contributed by atoms with Crippen molar-refractivity contribution in [3.63, 3.8) is 0 Å². The Kier molecular flexibility index (Phi) is 6.05. The summed E-state index contributed by atoms with van der Waals surface area (Å²) >= 11 is 0. The van der Waals surface area contributed by atoms with Gasteiger partial charge in [0.15, 0.2) is 23.3 Å². The van der Waals surface area contributed by atoms with E-state index in [9.17, 15) is 24.3 Å². The lowest BCUT2D eigenvalue weighted by atomic mass is 9.48. The zero-order chi connectivity index (χ0) is 25.2. The van der Waals surface area contributed by atoms with Gasteiger partial charge in [0.25, 0.3) is 0 Å². The van der Waals surface area contributed by atoms with Crippen LogP contribution in [0.2, 0.25) is 0 Å². The second kappa shape index (κ2) is 8.23. The molecule has 0 bridgehead atoms. The van der Waals surface area contributed by atoms with Gasteiger partial charge >= 0.3 is 5.97 Å². The molecular weight excluding hydrogens is 436 g/mol. The normalized spacial score (nSPS) is 41.9. The number of ketones is 3. The van der Waals surface area contributed by atoms with Gasteiger partial charge in [0.1, 0.15) is 6.10 Å². The standard InChI is InChI=1S/C27H36O7/c1-14-11-17-18(25(4)13-22(33-6)21(30)12-20(14)25)7-9-26(5)19(17)8-10-27(26,34-16(3)29)24(32)23(31)15(2)28/h7,12,14,17,19,22-23,31H,8-11,13H2,1-6H3/t14?,17?,19?,22?,23?,25?,26?,27-/m0/s1. The Morgan fingerprint density at radius 3 is 2.44 bits per heavy atom. The van der Waals surface area contributed by atoms with Crippen molar-refractivity contribution in [2.24, 2.45) is 28.6 Å². The van der Waals surface area contributed by atoms with Gasteiger partial charge < -0.3 is 14.6 Å². The highest BCUT2D eigenvalue weighted by Gasteiger charge is 2.68. The summed E-state index contributed by atoms with van der Waals surface area (Å²) in [6.45, 7) is 8.73. The number of carbonyl (C=O) groups is 4. The summed E-state index contributed by atoms with van der Waals surface area (Å²) in [6.07, 6.45) is 4.47. The summed E-state index contributed by atoms with van der Waals surface area (Å²) in [4.78, 5) is 50.2. The van der Waals surface area contributed by atoms with Crippen molar-refractivity contribution in [3.8, 4) is 0 Å². The monoisotopic (exact) mass is 472 g/mol. The van der Waals surface area contributed by atoms with E-state index in [0.717, 1.165) is 12.0 Å². The quantitative estimate of drug-likeness (QED) is 0.372. The molecule has 0 saturated heterocycles. The fraction of sp³-hybridized carbons (Fsp3) is 0.704. The molecule has 7 heteroatoms. The molecule has 0 heterocycles. The van der Waals surface area contributed by atoms with E-state index in [1.807, 2.05) is 6.92 Å². The van der Waals surface area contributed by atoms with Crippen LogP contribution in [0.25, 0.3) is 0 Å². The van der Waals surface area contributed by atoms with Crippen LogP contribution in [0.3, 0.4) is 0 Å². The summed E-state index contributed by atoms with van der Waals surface area (Å²) in [5.41, 5.74) is -0.193. The first-order valence-corrected chi connectivity index (χ1v) is 12.2. The number of hydrogen-bond acceptors (Lipinski definition) is 7. The largest absolute Gasteiger partial charge is 0.450 e. The van der Waals surface area contributed by atoms with E-state index in [4.69, 9.17) is 9.47 Å². The molecule has 0 aromatic rings. The molecule has 0 amide bonds. The molecule has 8 atom stereocenters. The Labute approximate surface area is 200 Å². The van der Waals surface area contributed by atoms with Crippen LogP contribution in [-0.2, 0) is 28.7 Å². The van der Waals surface area contributed by atoms with Gasteiger partial charge in [0.05, 0.1) is 0 Å². The number of allylic oxidation sites excluding steroid dienone is 3. The second-order valence-electron chi connectivity index (χ2n) is 11.2.